The molecule has 2 heterocycles. The molecule has 5 amide bonds. The number of imide groups is 2. The Balaban J connectivity index is 1.49. The first-order valence-electron chi connectivity index (χ1n) is 11.8. The third-order valence-electron chi connectivity index (χ3n) is 6.13. The maximum atomic E-state index is 13.4. The number of hydrogen-bond acceptors (Lipinski definition) is 4. The molecule has 0 atom stereocenters. The summed E-state index contributed by atoms with van der Waals surface area (Å²) in [7, 11) is 0. The van der Waals surface area contributed by atoms with Crippen molar-refractivity contribution in [3.05, 3.63) is 100 Å². The Morgan fingerprint density at radius 2 is 1.66 bits per heavy atom. The Labute approximate surface area is 223 Å². The molecule has 5 rings (SSSR count). The normalized spacial score (nSPS) is 14.8. The molecule has 1 aliphatic heterocycles. The molecule has 0 saturated carbocycles. The van der Waals surface area contributed by atoms with Gasteiger partial charge < -0.3 is 9.88 Å². The van der Waals surface area contributed by atoms with Gasteiger partial charge in [-0.05, 0) is 73.5 Å². The number of amides is 5. The number of nitrogens with zero attached hydrogens (tertiary/aromatic N) is 2. The van der Waals surface area contributed by atoms with Crippen molar-refractivity contribution in [3.8, 4) is 0 Å². The summed E-state index contributed by atoms with van der Waals surface area (Å²) in [5.74, 6) is -1.76. The van der Waals surface area contributed by atoms with Gasteiger partial charge in [0.1, 0.15) is 12.1 Å². The number of barbiturate groups is 1. The van der Waals surface area contributed by atoms with Gasteiger partial charge in [0.25, 0.3) is 11.8 Å². The number of halogens is 1. The highest BCUT2D eigenvalue weighted by Crippen LogP contribution is 2.28. The van der Waals surface area contributed by atoms with Crippen molar-refractivity contribution in [1.29, 1.82) is 0 Å². The fourth-order valence-electron chi connectivity index (χ4n) is 4.54. The third-order valence-corrected chi connectivity index (χ3v) is 6.38. The van der Waals surface area contributed by atoms with Gasteiger partial charge in [-0.1, -0.05) is 35.9 Å². The number of anilines is 2. The van der Waals surface area contributed by atoms with Crippen molar-refractivity contribution in [2.75, 3.05) is 10.2 Å². The fraction of sp³-hybridized carbons (Fsp3) is 0.103. The largest absolute Gasteiger partial charge is 0.337 e. The molecule has 0 radical (unpaired) electrons. The summed E-state index contributed by atoms with van der Waals surface area (Å²) in [5, 5.41) is 6.40. The molecule has 2 N–H and O–H groups in total. The highest BCUT2D eigenvalue weighted by molar-refractivity contribution is 6.39. The molecule has 0 bridgehead atoms. The van der Waals surface area contributed by atoms with E-state index in [0.29, 0.717) is 22.0 Å². The predicted molar refractivity (Wildman–Crippen MR) is 147 cm³/mol. The molecule has 1 aliphatic rings. The molecular weight excluding hydrogens is 504 g/mol. The van der Waals surface area contributed by atoms with Crippen LogP contribution in [0.2, 0.25) is 5.02 Å². The first-order valence-corrected chi connectivity index (χ1v) is 12.2. The third kappa shape index (κ3) is 4.94. The maximum absolute atomic E-state index is 13.4. The monoisotopic (exact) mass is 526 g/mol. The van der Waals surface area contributed by atoms with Crippen molar-refractivity contribution in [3.63, 3.8) is 0 Å². The van der Waals surface area contributed by atoms with Crippen molar-refractivity contribution in [1.82, 2.24) is 9.88 Å². The lowest BCUT2D eigenvalue weighted by Crippen LogP contribution is -2.54. The Bertz CT molecular complexity index is 1630. The summed E-state index contributed by atoms with van der Waals surface area (Å²) < 4.78 is 1.74. The van der Waals surface area contributed by atoms with Crippen molar-refractivity contribution in [2.45, 2.75) is 20.4 Å². The molecule has 1 aromatic heterocycles. The Hall–Kier alpha value is -4.69. The summed E-state index contributed by atoms with van der Waals surface area (Å²) in [6.07, 6.45) is 3.16. The minimum Gasteiger partial charge on any atom is -0.337 e. The molecule has 0 unspecified atom stereocenters. The van der Waals surface area contributed by atoms with Crippen LogP contribution >= 0.6 is 11.6 Å². The van der Waals surface area contributed by atoms with Crippen molar-refractivity contribution < 1.29 is 19.2 Å². The van der Waals surface area contributed by atoms with Crippen LogP contribution in [0.25, 0.3) is 17.0 Å². The van der Waals surface area contributed by atoms with Crippen LogP contribution in [0.3, 0.4) is 0 Å². The van der Waals surface area contributed by atoms with Gasteiger partial charge in [0.15, 0.2) is 0 Å². The first-order chi connectivity index (χ1) is 18.2. The molecule has 1 saturated heterocycles. The van der Waals surface area contributed by atoms with Gasteiger partial charge in [-0.15, -0.1) is 0 Å². The summed E-state index contributed by atoms with van der Waals surface area (Å²) in [6.45, 7) is 3.73. The molecule has 190 valence electrons. The number of hydrogen-bond donors (Lipinski definition) is 2. The van der Waals surface area contributed by atoms with E-state index in [0.717, 1.165) is 26.9 Å². The van der Waals surface area contributed by atoms with Crippen LogP contribution in [0.1, 0.15) is 16.7 Å². The van der Waals surface area contributed by atoms with Gasteiger partial charge in [0.2, 0.25) is 5.91 Å². The number of aryl methyl sites for hydroxylation is 2. The van der Waals surface area contributed by atoms with E-state index in [-0.39, 0.29) is 18.0 Å². The predicted octanol–water partition coefficient (Wildman–Crippen LogP) is 5.22. The first kappa shape index (κ1) is 25.0. The van der Waals surface area contributed by atoms with Crippen LogP contribution < -0.4 is 15.5 Å². The lowest BCUT2D eigenvalue weighted by atomic mass is 10.0. The highest BCUT2D eigenvalue weighted by Gasteiger charge is 2.37. The number of benzene rings is 3. The second-order valence-electron chi connectivity index (χ2n) is 9.09. The number of rotatable bonds is 5. The molecule has 38 heavy (non-hydrogen) atoms. The Morgan fingerprint density at radius 3 is 2.37 bits per heavy atom. The number of aromatic nitrogens is 1. The summed E-state index contributed by atoms with van der Waals surface area (Å²) in [4.78, 5) is 52.5. The molecule has 1 fully saturated rings. The van der Waals surface area contributed by atoms with Crippen LogP contribution in [-0.4, -0.2) is 28.3 Å². The van der Waals surface area contributed by atoms with Gasteiger partial charge in [-0.25, -0.2) is 9.69 Å². The molecule has 8 nitrogen and oxygen atoms in total. The number of urea groups is 1. The van der Waals surface area contributed by atoms with Gasteiger partial charge in [0, 0.05) is 33.4 Å². The van der Waals surface area contributed by atoms with Crippen molar-refractivity contribution >= 4 is 63.7 Å². The minimum absolute atomic E-state index is 0.000361. The fourth-order valence-corrected chi connectivity index (χ4v) is 4.66. The van der Waals surface area contributed by atoms with Crippen LogP contribution in [0.5, 0.6) is 0 Å². The van der Waals surface area contributed by atoms with Crippen LogP contribution in [0.4, 0.5) is 16.2 Å². The zero-order valence-corrected chi connectivity index (χ0v) is 21.4. The topological polar surface area (TPSA) is 101 Å². The van der Waals surface area contributed by atoms with Crippen LogP contribution in [0, 0.1) is 13.8 Å². The number of carbonyl (C=O) groups is 4. The molecule has 3 aromatic carbocycles. The SMILES string of the molecule is Cc1cc(C)cc(N2C(=O)NC(=O)/C(=C\c3cn(CC(=O)Nc4ccc(Cl)cc4)c4ccccc34)C2=O)c1. The summed E-state index contributed by atoms with van der Waals surface area (Å²) >= 11 is 5.92. The van der Waals surface area contributed by atoms with E-state index < -0.39 is 17.8 Å². The molecule has 9 heteroatoms. The van der Waals surface area contributed by atoms with Gasteiger partial charge >= 0.3 is 6.03 Å². The molecular formula is C29H23ClN4O4. The quantitative estimate of drug-likeness (QED) is 0.275. The zero-order valence-electron chi connectivity index (χ0n) is 20.6. The van der Waals surface area contributed by atoms with E-state index in [4.69, 9.17) is 11.6 Å². The summed E-state index contributed by atoms with van der Waals surface area (Å²) in [5.41, 5.74) is 3.87. The smallest absolute Gasteiger partial charge is 0.335 e. The Kier molecular flexibility index (Phi) is 6.57. The van der Waals surface area contributed by atoms with Gasteiger partial charge in [-0.2, -0.15) is 0 Å². The average Bonchev–Trinajstić information content (AvgIpc) is 3.19. The number of fused-ring (bicyclic) bond motifs is 1. The minimum atomic E-state index is -0.802. The average molecular weight is 527 g/mol. The highest BCUT2D eigenvalue weighted by atomic mass is 35.5. The second-order valence-corrected chi connectivity index (χ2v) is 9.52. The van der Waals surface area contributed by atoms with Crippen LogP contribution in [-0.2, 0) is 20.9 Å². The van der Waals surface area contributed by atoms with E-state index in [1.165, 1.54) is 6.08 Å². The number of nitrogens with one attached hydrogen (secondary N) is 2. The molecule has 4 aromatic rings. The maximum Gasteiger partial charge on any atom is 0.335 e. The van der Waals surface area contributed by atoms with Gasteiger partial charge in [-0.3, -0.25) is 19.7 Å². The second kappa shape index (κ2) is 9.99. The molecule has 0 spiro atoms. The van der Waals surface area contributed by atoms with E-state index in [1.54, 1.807) is 47.2 Å². The lowest BCUT2D eigenvalue weighted by molar-refractivity contribution is -0.122. The van der Waals surface area contributed by atoms with E-state index in [9.17, 15) is 19.2 Å². The lowest BCUT2D eigenvalue weighted by Gasteiger charge is -2.26. The van der Waals surface area contributed by atoms with E-state index >= 15 is 0 Å². The Morgan fingerprint density at radius 1 is 0.974 bits per heavy atom. The number of para-hydroxylation sites is 1. The number of carbonyl (C=O) groups excluding carboxylic acids is 4. The molecule has 0 aliphatic carbocycles. The van der Waals surface area contributed by atoms with Gasteiger partial charge in [0.05, 0.1) is 5.69 Å². The summed E-state index contributed by atoms with van der Waals surface area (Å²) in [6, 6.07) is 18.7. The van der Waals surface area contributed by atoms with E-state index in [1.807, 2.05) is 44.2 Å². The van der Waals surface area contributed by atoms with Crippen molar-refractivity contribution in [2.24, 2.45) is 0 Å². The van der Waals surface area contributed by atoms with Crippen LogP contribution in [0.15, 0.2) is 78.5 Å². The van der Waals surface area contributed by atoms with E-state index in [2.05, 4.69) is 10.6 Å². The standard InChI is InChI=1S/C29H23ClN4O4/c1-17-11-18(2)13-22(12-17)34-28(37)24(27(36)32-29(34)38)14-19-15-33(25-6-4-3-5-23(19)25)16-26(35)31-21-9-7-20(30)8-10-21/h3-15H,16H2,1-2H3,(H,31,35)(H,32,36,38)/b24-14+. The zero-order chi connectivity index (χ0) is 27.0.